The summed E-state index contributed by atoms with van der Waals surface area (Å²) in [5.41, 5.74) is 1.79. The van der Waals surface area contributed by atoms with Crippen molar-refractivity contribution in [2.24, 2.45) is 0 Å². The van der Waals surface area contributed by atoms with Crippen molar-refractivity contribution in [1.29, 1.82) is 0 Å². The Hall–Kier alpha value is -1.40. The zero-order valence-electron chi connectivity index (χ0n) is 17.7. The van der Waals surface area contributed by atoms with E-state index in [-0.39, 0.29) is 17.6 Å². The summed E-state index contributed by atoms with van der Waals surface area (Å²) in [6.07, 6.45) is 1.89. The third kappa shape index (κ3) is 8.57. The molecule has 1 atom stereocenters. The van der Waals surface area contributed by atoms with Crippen molar-refractivity contribution in [2.75, 3.05) is 12.3 Å². The topological polar surface area (TPSA) is 49.4 Å². The van der Waals surface area contributed by atoms with E-state index in [0.29, 0.717) is 33.9 Å². The zero-order valence-corrected chi connectivity index (χ0v) is 20.8. The number of unbranched alkanes of at least 4 members (excludes halogenated alkanes) is 1. The fourth-order valence-electron chi connectivity index (χ4n) is 2.92. The lowest BCUT2D eigenvalue weighted by Gasteiger charge is -2.29. The molecular formula is C23H27Cl3N2O2S. The first-order chi connectivity index (χ1) is 14.8. The van der Waals surface area contributed by atoms with Crippen LogP contribution in [0.5, 0.6) is 0 Å². The van der Waals surface area contributed by atoms with E-state index in [1.54, 1.807) is 30.0 Å². The number of hydrogen-bond donors (Lipinski definition) is 1. The van der Waals surface area contributed by atoms with Gasteiger partial charge in [0, 0.05) is 33.9 Å². The van der Waals surface area contributed by atoms with Crippen molar-refractivity contribution in [3.05, 3.63) is 68.7 Å². The number of thioether (sulfide) groups is 1. The molecule has 31 heavy (non-hydrogen) atoms. The Balaban J connectivity index is 2.06. The van der Waals surface area contributed by atoms with Gasteiger partial charge in [0.1, 0.15) is 6.04 Å². The molecule has 4 nitrogen and oxygen atoms in total. The van der Waals surface area contributed by atoms with Gasteiger partial charge < -0.3 is 10.2 Å². The second-order valence-corrected chi connectivity index (χ2v) is 9.47. The van der Waals surface area contributed by atoms with Crippen LogP contribution >= 0.6 is 46.6 Å². The number of hydrogen-bond acceptors (Lipinski definition) is 3. The molecule has 0 aliphatic heterocycles. The maximum atomic E-state index is 13.1. The maximum absolute atomic E-state index is 13.1. The second kappa shape index (κ2) is 13.2. The monoisotopic (exact) mass is 500 g/mol. The molecule has 2 aromatic carbocycles. The minimum absolute atomic E-state index is 0.117. The Kier molecular flexibility index (Phi) is 11.0. The predicted octanol–water partition coefficient (Wildman–Crippen LogP) is 6.21. The molecule has 168 valence electrons. The molecule has 0 saturated heterocycles. The van der Waals surface area contributed by atoms with Crippen LogP contribution in [0.15, 0.2) is 42.5 Å². The van der Waals surface area contributed by atoms with Crippen LogP contribution < -0.4 is 5.32 Å². The van der Waals surface area contributed by atoms with Gasteiger partial charge in [0.15, 0.2) is 0 Å². The van der Waals surface area contributed by atoms with E-state index >= 15 is 0 Å². The predicted molar refractivity (Wildman–Crippen MR) is 132 cm³/mol. The Morgan fingerprint density at radius 2 is 1.84 bits per heavy atom. The van der Waals surface area contributed by atoms with E-state index in [9.17, 15) is 9.59 Å². The summed E-state index contributed by atoms with van der Waals surface area (Å²) in [5, 5.41) is 4.66. The zero-order chi connectivity index (χ0) is 22.8. The molecule has 2 amide bonds. The quantitative estimate of drug-likeness (QED) is 0.372. The smallest absolute Gasteiger partial charge is 0.242 e. The standard InChI is InChI=1S/C23H27Cl3N2O2S/c1-3-4-10-27-23(30)16(2)28(13-17-6-5-7-19(24)11-17)22(29)15-31-14-18-8-9-20(25)12-21(18)26/h5-9,11-12,16H,3-4,10,13-15H2,1-2H3,(H,27,30)/t16-/m1/s1. The summed E-state index contributed by atoms with van der Waals surface area (Å²) in [6, 6.07) is 12.1. The third-order valence-corrected chi connectivity index (χ3v) is 6.53. The van der Waals surface area contributed by atoms with Gasteiger partial charge in [-0.3, -0.25) is 9.59 Å². The molecule has 2 rings (SSSR count). The largest absolute Gasteiger partial charge is 0.354 e. The highest BCUT2D eigenvalue weighted by Gasteiger charge is 2.26. The van der Waals surface area contributed by atoms with E-state index in [4.69, 9.17) is 34.8 Å². The van der Waals surface area contributed by atoms with E-state index < -0.39 is 6.04 Å². The van der Waals surface area contributed by atoms with Gasteiger partial charge in [-0.05, 0) is 48.7 Å². The molecule has 0 aliphatic rings. The molecule has 2 aromatic rings. The molecule has 1 N–H and O–H groups in total. The third-order valence-electron chi connectivity index (χ3n) is 4.74. The minimum Gasteiger partial charge on any atom is -0.354 e. The number of carbonyl (C=O) groups excluding carboxylic acids is 2. The highest BCUT2D eigenvalue weighted by Crippen LogP contribution is 2.25. The SMILES string of the molecule is CCCCNC(=O)[C@@H](C)N(Cc1cccc(Cl)c1)C(=O)CSCc1ccc(Cl)cc1Cl. The number of halogens is 3. The van der Waals surface area contributed by atoms with Crippen LogP contribution in [-0.2, 0) is 21.9 Å². The van der Waals surface area contributed by atoms with Crippen LogP contribution in [0.25, 0.3) is 0 Å². The Bertz CT molecular complexity index is 895. The molecular weight excluding hydrogens is 475 g/mol. The molecule has 0 fully saturated rings. The van der Waals surface area contributed by atoms with Gasteiger partial charge in [-0.2, -0.15) is 0 Å². The van der Waals surface area contributed by atoms with Gasteiger partial charge in [-0.15, -0.1) is 11.8 Å². The second-order valence-electron chi connectivity index (χ2n) is 7.20. The van der Waals surface area contributed by atoms with Crippen molar-refractivity contribution in [3.63, 3.8) is 0 Å². The van der Waals surface area contributed by atoms with Gasteiger partial charge in [-0.25, -0.2) is 0 Å². The van der Waals surface area contributed by atoms with Gasteiger partial charge >= 0.3 is 0 Å². The molecule has 0 saturated carbocycles. The summed E-state index contributed by atoms with van der Waals surface area (Å²) in [6.45, 7) is 4.73. The minimum atomic E-state index is -0.594. The Morgan fingerprint density at radius 3 is 2.52 bits per heavy atom. The first kappa shape index (κ1) is 25.9. The number of rotatable bonds is 11. The summed E-state index contributed by atoms with van der Waals surface area (Å²) in [7, 11) is 0. The lowest BCUT2D eigenvalue weighted by molar-refractivity contribution is -0.138. The van der Waals surface area contributed by atoms with Crippen LogP contribution in [0, 0.1) is 0 Å². The van der Waals surface area contributed by atoms with Crippen LogP contribution in [0.4, 0.5) is 0 Å². The van der Waals surface area contributed by atoms with Gasteiger partial charge in [0.25, 0.3) is 0 Å². The summed E-state index contributed by atoms with van der Waals surface area (Å²) in [5.74, 6) is 0.526. The fraction of sp³-hybridized carbons (Fsp3) is 0.391. The maximum Gasteiger partial charge on any atom is 0.242 e. The van der Waals surface area contributed by atoms with Crippen LogP contribution in [-0.4, -0.2) is 35.1 Å². The average Bonchev–Trinajstić information content (AvgIpc) is 2.73. The van der Waals surface area contributed by atoms with Gasteiger partial charge in [0.05, 0.1) is 5.75 Å². The Labute approximate surface area is 203 Å². The van der Waals surface area contributed by atoms with E-state index in [2.05, 4.69) is 12.2 Å². The first-order valence-corrected chi connectivity index (χ1v) is 12.4. The van der Waals surface area contributed by atoms with Crippen molar-refractivity contribution < 1.29 is 9.59 Å². The van der Waals surface area contributed by atoms with Crippen molar-refractivity contribution in [3.8, 4) is 0 Å². The lowest BCUT2D eigenvalue weighted by Crippen LogP contribution is -2.48. The lowest BCUT2D eigenvalue weighted by atomic mass is 10.1. The molecule has 0 bridgehead atoms. The highest BCUT2D eigenvalue weighted by atomic mass is 35.5. The summed E-state index contributed by atoms with van der Waals surface area (Å²) < 4.78 is 0. The van der Waals surface area contributed by atoms with Crippen LogP contribution in [0.1, 0.15) is 37.8 Å². The molecule has 0 radical (unpaired) electrons. The van der Waals surface area contributed by atoms with Gasteiger partial charge in [-0.1, -0.05) is 66.3 Å². The average molecular weight is 502 g/mol. The van der Waals surface area contributed by atoms with Crippen molar-refractivity contribution in [2.45, 2.75) is 45.0 Å². The number of benzene rings is 2. The van der Waals surface area contributed by atoms with Crippen molar-refractivity contribution in [1.82, 2.24) is 10.2 Å². The molecule has 0 unspecified atom stereocenters. The summed E-state index contributed by atoms with van der Waals surface area (Å²) >= 11 is 19.7. The van der Waals surface area contributed by atoms with Gasteiger partial charge in [0.2, 0.25) is 11.8 Å². The molecule has 0 spiro atoms. The van der Waals surface area contributed by atoms with E-state index in [1.165, 1.54) is 11.8 Å². The number of nitrogens with zero attached hydrogens (tertiary/aromatic N) is 1. The normalized spacial score (nSPS) is 11.8. The van der Waals surface area contributed by atoms with Crippen LogP contribution in [0.3, 0.4) is 0 Å². The van der Waals surface area contributed by atoms with E-state index in [1.807, 2.05) is 24.3 Å². The van der Waals surface area contributed by atoms with E-state index in [0.717, 1.165) is 24.0 Å². The van der Waals surface area contributed by atoms with Crippen molar-refractivity contribution >= 4 is 58.4 Å². The number of carbonyl (C=O) groups is 2. The highest BCUT2D eigenvalue weighted by molar-refractivity contribution is 7.99. The van der Waals surface area contributed by atoms with Crippen LogP contribution in [0.2, 0.25) is 15.1 Å². The first-order valence-electron chi connectivity index (χ1n) is 10.1. The Morgan fingerprint density at radius 1 is 1.10 bits per heavy atom. The molecule has 0 heterocycles. The molecule has 8 heteroatoms. The molecule has 0 aliphatic carbocycles. The summed E-state index contributed by atoms with van der Waals surface area (Å²) in [4.78, 5) is 27.3. The number of nitrogens with one attached hydrogen (secondary N) is 1. The fourth-order valence-corrected chi connectivity index (χ4v) is 4.60. The molecule has 0 aromatic heterocycles. The number of amides is 2.